The molecule has 32 nitrogen and oxygen atoms in total. The van der Waals surface area contributed by atoms with Crippen LogP contribution in [0.25, 0.3) is 10.9 Å². The zero-order valence-electron chi connectivity index (χ0n) is 75.0. The van der Waals surface area contributed by atoms with Gasteiger partial charge in [-0.1, -0.05) is 174 Å². The van der Waals surface area contributed by atoms with Gasteiger partial charge in [0, 0.05) is 133 Å². The molecule has 8 rings (SSSR count). The molecule has 0 saturated carbocycles. The summed E-state index contributed by atoms with van der Waals surface area (Å²) in [6.07, 6.45) is -0.703. The summed E-state index contributed by atoms with van der Waals surface area (Å²) in [5.74, 6) is -16.5. The number of unbranched alkanes of at least 4 members (excludes halogenated alkanes) is 1. The number of nitrogens with one attached hydrogen (secondary N) is 7. The Balaban J connectivity index is 1.22. The summed E-state index contributed by atoms with van der Waals surface area (Å²) in [7, 11) is 6.76. The van der Waals surface area contributed by atoms with Crippen LogP contribution in [0, 0.1) is 23.7 Å². The molecule has 1 aliphatic rings. The lowest BCUT2D eigenvalue weighted by atomic mass is 9.84. The molecule has 12 amide bonds. The number of H-pyrrole nitrogens is 1. The van der Waals surface area contributed by atoms with Gasteiger partial charge in [0.15, 0.2) is 11.6 Å². The first-order chi connectivity index (χ1) is 61.9. The van der Waals surface area contributed by atoms with Crippen molar-refractivity contribution >= 4 is 129 Å². The van der Waals surface area contributed by atoms with Crippen molar-refractivity contribution in [2.45, 2.75) is 179 Å². The number of amides is 12. The number of likely N-dealkylation sites (N-methyl/N-ethyl adjacent to an activating group) is 5. The minimum atomic E-state index is -1.58. The van der Waals surface area contributed by atoms with Crippen molar-refractivity contribution in [2.75, 3.05) is 66.4 Å². The van der Waals surface area contributed by atoms with E-state index >= 15 is 43.2 Å². The number of nitrogens with zero attached hydrogens (tertiary/aromatic N) is 5. The number of benzene rings is 6. The van der Waals surface area contributed by atoms with Gasteiger partial charge in [-0.25, -0.2) is 0 Å². The van der Waals surface area contributed by atoms with Gasteiger partial charge in [-0.05, 0) is 101 Å². The molecule has 1 aromatic heterocycles. The van der Waals surface area contributed by atoms with Crippen LogP contribution in [0.2, 0.25) is 5.02 Å². The highest BCUT2D eigenvalue weighted by Gasteiger charge is 2.42. The Kier molecular flexibility index (Phi) is 39.7. The van der Waals surface area contributed by atoms with Crippen LogP contribution in [0.4, 0.5) is 0 Å². The molecule has 0 spiro atoms. The van der Waals surface area contributed by atoms with Crippen molar-refractivity contribution in [3.63, 3.8) is 0 Å². The van der Waals surface area contributed by atoms with E-state index in [1.54, 1.807) is 143 Å². The molecule has 0 aliphatic carbocycles. The van der Waals surface area contributed by atoms with Crippen LogP contribution >= 0.6 is 23.4 Å². The van der Waals surface area contributed by atoms with Gasteiger partial charge in [0.25, 0.3) is 6.47 Å². The number of fused-ring (bicyclic) bond motifs is 1. The normalized spacial score (nSPS) is 22.0. The fourth-order valence-electron chi connectivity index (χ4n) is 15.6. The summed E-state index contributed by atoms with van der Waals surface area (Å²) in [6, 6.07) is 29.4. The first-order valence-electron chi connectivity index (χ1n) is 43.4. The van der Waals surface area contributed by atoms with E-state index in [-0.39, 0.29) is 86.0 Å². The van der Waals surface area contributed by atoms with Gasteiger partial charge in [-0.3, -0.25) is 76.7 Å². The Morgan fingerprint density at radius 3 is 1.63 bits per heavy atom. The maximum absolute atomic E-state index is 15.6. The van der Waals surface area contributed by atoms with Crippen LogP contribution in [0.15, 0.2) is 164 Å². The molecule has 696 valence electrons. The topological polar surface area (TPSA) is 453 Å². The van der Waals surface area contributed by atoms with E-state index in [9.17, 15) is 43.8 Å². The third-order valence-corrected chi connectivity index (χ3v) is 24.2. The molecule has 7 aromatic rings. The Morgan fingerprint density at radius 2 is 1.04 bits per heavy atom. The van der Waals surface area contributed by atoms with Gasteiger partial charge in [-0.2, -0.15) is 0 Å². The number of hydrogen-bond donors (Lipinski definition) is 10. The van der Waals surface area contributed by atoms with E-state index in [1.807, 2.05) is 6.92 Å². The SMILES string of the molecule is CCCC[C@H]1C(=O)N(C)CC(=O)C[C@@H](COC=O)C(=O)C[C@@H](C(C)C)C(=O)N(C)[C@@H](Cc2cccc(Cl)c2)C(=O)N[C@@H](Cc2ccc(O)cc2)C(=O)N(C)CC(=O)N[C@@H](Cc2c[nH]c3ccccc23)C(=O)N[C@@H](Cc2ccc(O)cc2)C(=O)N[C@@H](CC(C)C)C(=O)N[C@H](C(=O)CCC(N)=O)CSCC(=O)N[C@@H](Cc2ccccc2)C(=O)N(C)[C@@H](Cc2ccccc2)C(=O)N1C. The van der Waals surface area contributed by atoms with E-state index in [4.69, 9.17) is 22.1 Å². The lowest BCUT2D eigenvalue weighted by Crippen LogP contribution is -2.59. The van der Waals surface area contributed by atoms with Gasteiger partial charge in [-0.15, -0.1) is 11.8 Å². The van der Waals surface area contributed by atoms with Crippen LogP contribution in [0.1, 0.15) is 119 Å². The molecular weight excluding hydrogens is 1710 g/mol. The van der Waals surface area contributed by atoms with Crippen LogP contribution in [-0.2, 0) is 120 Å². The number of phenols is 2. The van der Waals surface area contributed by atoms with Crippen LogP contribution < -0.4 is 37.6 Å². The number of rotatable bonds is 25. The van der Waals surface area contributed by atoms with E-state index < -0.39 is 211 Å². The van der Waals surface area contributed by atoms with Gasteiger partial charge in [0.2, 0.25) is 70.9 Å². The molecule has 6 aromatic carbocycles. The van der Waals surface area contributed by atoms with E-state index in [0.29, 0.717) is 57.1 Å². The number of Topliss-reactive ketones (excluding diaryl/α,β-unsaturated/α-hetero) is 3. The fraction of sp³-hybridized carbons (Fsp3) is 0.438. The molecule has 0 unspecified atom stereocenters. The van der Waals surface area contributed by atoms with Gasteiger partial charge in [0.05, 0.1) is 30.8 Å². The number of phenolic OH excluding ortho intramolecular Hbond substituents is 2. The Bertz CT molecular complexity index is 5100. The number of aromatic hydroxyl groups is 2. The highest BCUT2D eigenvalue weighted by molar-refractivity contribution is 8.00. The Hall–Kier alpha value is -12.8. The number of primary amides is 1. The Labute approximate surface area is 766 Å². The standard InChI is InChI=1S/C96H120ClN13O19S/c1-11-12-30-80-95(127)106(6)52-70(114)48-66(54-129-57-111)84(116)50-72(59(4)5)92(124)109(9)81(47-64-26-21-27-67(97)42-64)91(123)104-77(45-63-33-37-69(113)38-34-63)93(125)107(7)53-86(118)100-76(49-65-51-99-73-29-20-19-28-71(65)73)90(122)103-75(43-62-31-35-68(112)36-32-62)89(121)102-74(41-58(2)3)88(120)105-79(83(115)39-40-85(98)117)55-130-56-87(119)101-78(44-60-22-15-13-16-23-60)94(126)110(10)82(96(128)108(80)8)46-61-24-17-14-18-25-61/h13-29,31-38,42,51,57-59,66,72,74-82,99,112-113H,11-12,30,39-41,43-50,52-56H2,1-10H3,(H2,98,117)(H,100,118)(H,101,119)(H,102,121)(H,103,122)(H,104,123)(H,105,120)/t66-,72-,74-,75-,76-,77-,78-,79-,80-,81-,82-/m0/s1. The summed E-state index contributed by atoms with van der Waals surface area (Å²) in [5, 5.41) is 38.5. The van der Waals surface area contributed by atoms with Gasteiger partial charge < -0.3 is 82.1 Å². The van der Waals surface area contributed by atoms with Crippen molar-refractivity contribution in [3.8, 4) is 11.5 Å². The second-order valence-corrected chi connectivity index (χ2v) is 35.4. The Morgan fingerprint density at radius 1 is 0.523 bits per heavy atom. The third-order valence-electron chi connectivity index (χ3n) is 23.0. The molecular formula is C96H120ClN13O19S. The lowest BCUT2D eigenvalue weighted by molar-refractivity contribution is -0.151. The first kappa shape index (κ1) is 103. The average Bonchev–Trinajstić information content (AvgIpc) is 1.39. The summed E-state index contributed by atoms with van der Waals surface area (Å²) in [4.78, 5) is 244. The van der Waals surface area contributed by atoms with E-state index in [0.717, 1.165) is 26.5 Å². The third kappa shape index (κ3) is 31.0. The molecule has 130 heavy (non-hydrogen) atoms. The monoisotopic (exact) mass is 1830 g/mol. The number of carbonyl (C=O) groups excluding carboxylic acids is 16. The summed E-state index contributed by atoms with van der Waals surface area (Å²) in [6.45, 7) is 6.79. The molecule has 1 saturated heterocycles. The molecule has 1 aliphatic heterocycles. The van der Waals surface area contributed by atoms with Crippen molar-refractivity contribution in [1.82, 2.24) is 61.4 Å². The minimum Gasteiger partial charge on any atom is -0.508 e. The lowest BCUT2D eigenvalue weighted by Gasteiger charge is -2.37. The second-order valence-electron chi connectivity index (χ2n) is 33.9. The number of aromatic amines is 1. The highest BCUT2D eigenvalue weighted by Crippen LogP contribution is 2.28. The predicted molar refractivity (Wildman–Crippen MR) is 490 cm³/mol. The maximum atomic E-state index is 15.6. The fourth-order valence-corrected chi connectivity index (χ4v) is 16.7. The predicted octanol–water partition coefficient (Wildman–Crippen LogP) is 6.09. The van der Waals surface area contributed by atoms with E-state index in [2.05, 4.69) is 36.9 Å². The molecule has 2 heterocycles. The number of nitrogens with two attached hydrogens (primary N) is 1. The number of para-hydroxylation sites is 1. The smallest absolute Gasteiger partial charge is 0.293 e. The second kappa shape index (κ2) is 50.3. The number of ether oxygens (including phenoxy) is 1. The molecule has 0 bridgehead atoms. The summed E-state index contributed by atoms with van der Waals surface area (Å²) in [5.41, 5.74) is 9.21. The van der Waals surface area contributed by atoms with Crippen molar-refractivity contribution in [3.05, 3.63) is 202 Å². The minimum absolute atomic E-state index is 0.0679. The summed E-state index contributed by atoms with van der Waals surface area (Å²) >= 11 is 7.42. The first-order valence-corrected chi connectivity index (χ1v) is 45.0. The summed E-state index contributed by atoms with van der Waals surface area (Å²) < 4.78 is 5.16. The van der Waals surface area contributed by atoms with Crippen molar-refractivity contribution in [1.29, 1.82) is 0 Å². The molecule has 34 heteroatoms. The number of aromatic nitrogens is 1. The zero-order valence-corrected chi connectivity index (χ0v) is 76.6. The van der Waals surface area contributed by atoms with Crippen LogP contribution in [0.3, 0.4) is 0 Å². The number of ketones is 3. The van der Waals surface area contributed by atoms with Crippen molar-refractivity contribution < 1.29 is 91.7 Å². The largest absolute Gasteiger partial charge is 0.508 e. The van der Waals surface area contributed by atoms with E-state index in [1.165, 1.54) is 93.6 Å². The quantitative estimate of drug-likeness (QED) is 0.0289. The number of thioether (sulfide) groups is 1. The number of hydrogen-bond acceptors (Lipinski definition) is 20. The molecule has 0 radical (unpaired) electrons. The van der Waals surface area contributed by atoms with Crippen LogP contribution in [0.5, 0.6) is 11.5 Å². The molecule has 1 fully saturated rings. The van der Waals surface area contributed by atoms with Crippen LogP contribution in [-0.4, -0.2) is 255 Å². The van der Waals surface area contributed by atoms with Gasteiger partial charge >= 0.3 is 0 Å². The molecule has 11 N–H and O–H groups in total. The number of carbonyl (C=O) groups is 16. The maximum Gasteiger partial charge on any atom is 0.293 e. The van der Waals surface area contributed by atoms with Gasteiger partial charge in [0.1, 0.15) is 72.2 Å². The average molecular weight is 1830 g/mol. The zero-order chi connectivity index (χ0) is 95.0. The van der Waals surface area contributed by atoms with Crippen molar-refractivity contribution in [2.24, 2.45) is 29.4 Å². The highest BCUT2D eigenvalue weighted by atomic mass is 35.5. The number of halogens is 1. The molecule has 11 atom stereocenters.